The van der Waals surface area contributed by atoms with E-state index in [4.69, 9.17) is 10.5 Å². The van der Waals surface area contributed by atoms with E-state index in [0.717, 1.165) is 39.1 Å². The molecule has 0 aromatic carbocycles. The van der Waals surface area contributed by atoms with Crippen LogP contribution in [0.25, 0.3) is 0 Å². The molecule has 138 valence electrons. The summed E-state index contributed by atoms with van der Waals surface area (Å²) >= 11 is 0. The lowest BCUT2D eigenvalue weighted by molar-refractivity contribution is -0.225. The molecule has 2 rings (SSSR count). The van der Waals surface area contributed by atoms with Crippen molar-refractivity contribution in [3.63, 3.8) is 0 Å². The quantitative estimate of drug-likeness (QED) is 0.749. The van der Waals surface area contributed by atoms with Gasteiger partial charge >= 0.3 is 0 Å². The van der Waals surface area contributed by atoms with Gasteiger partial charge in [-0.15, -0.1) is 24.8 Å². The minimum atomic E-state index is -0.790. The van der Waals surface area contributed by atoms with Crippen molar-refractivity contribution in [2.24, 2.45) is 17.1 Å². The summed E-state index contributed by atoms with van der Waals surface area (Å²) in [6.45, 7) is 12.7. The lowest BCUT2D eigenvalue weighted by atomic mass is 9.46. The van der Waals surface area contributed by atoms with Crippen LogP contribution in [0.15, 0.2) is 0 Å². The molecule has 3 atom stereocenters. The Morgan fingerprint density at radius 3 is 2.48 bits per heavy atom. The highest BCUT2D eigenvalue weighted by atomic mass is 35.5. The maximum Gasteiger partial charge on any atom is 0.241 e. The number of nitrogens with two attached hydrogens (primary N) is 1. The molecule has 0 radical (unpaired) electrons. The van der Waals surface area contributed by atoms with Gasteiger partial charge < -0.3 is 20.7 Å². The average Bonchev–Trinajstić information content (AvgIpc) is 2.50. The highest BCUT2D eigenvalue weighted by molar-refractivity contribution is 5.89. The minimum Gasteiger partial charge on any atom is -0.377 e. The number of rotatable bonds is 6. The molecule has 1 saturated carbocycles. The van der Waals surface area contributed by atoms with Gasteiger partial charge in [-0.1, -0.05) is 27.7 Å². The summed E-state index contributed by atoms with van der Waals surface area (Å²) in [6, 6.07) is 0. The van der Waals surface area contributed by atoms with Crippen molar-refractivity contribution >= 4 is 30.7 Å². The van der Waals surface area contributed by atoms with Gasteiger partial charge in [0.25, 0.3) is 0 Å². The molecule has 0 aromatic rings. The van der Waals surface area contributed by atoms with Crippen LogP contribution in [0.5, 0.6) is 0 Å². The van der Waals surface area contributed by atoms with Gasteiger partial charge in [0.15, 0.2) is 0 Å². The Labute approximate surface area is 152 Å². The van der Waals surface area contributed by atoms with Gasteiger partial charge in [-0.2, -0.15) is 0 Å². The molecule has 0 spiro atoms. The third-order valence-corrected chi connectivity index (χ3v) is 5.67. The van der Waals surface area contributed by atoms with E-state index in [1.54, 1.807) is 0 Å². The van der Waals surface area contributed by atoms with Crippen LogP contribution in [0.2, 0.25) is 0 Å². The van der Waals surface area contributed by atoms with E-state index in [-0.39, 0.29) is 48.2 Å². The van der Waals surface area contributed by atoms with E-state index in [2.05, 4.69) is 37.9 Å². The zero-order chi connectivity index (χ0) is 15.7. The van der Waals surface area contributed by atoms with Crippen molar-refractivity contribution in [2.75, 3.05) is 32.8 Å². The highest BCUT2D eigenvalue weighted by Crippen LogP contribution is 2.57. The molecule has 2 fully saturated rings. The number of carbonyl (C=O) groups is 1. The molecule has 1 amide bonds. The second-order valence-corrected chi connectivity index (χ2v) is 6.91. The molecule has 1 saturated heterocycles. The van der Waals surface area contributed by atoms with Crippen LogP contribution in [0, 0.1) is 11.3 Å². The third-order valence-electron chi connectivity index (χ3n) is 5.67. The Bertz CT molecular complexity index is 392. The van der Waals surface area contributed by atoms with E-state index in [1.807, 2.05) is 0 Å². The predicted molar refractivity (Wildman–Crippen MR) is 98.5 cm³/mol. The maximum absolute atomic E-state index is 12.7. The molecule has 3 N–H and O–H groups in total. The maximum atomic E-state index is 12.7. The number of nitrogens with zero attached hydrogens (tertiary/aromatic N) is 1. The van der Waals surface area contributed by atoms with Gasteiger partial charge in [0.1, 0.15) is 5.54 Å². The topological polar surface area (TPSA) is 67.6 Å². The molecule has 0 aromatic heterocycles. The van der Waals surface area contributed by atoms with Gasteiger partial charge in [0.2, 0.25) is 5.91 Å². The first-order valence-electron chi connectivity index (χ1n) is 8.30. The minimum absolute atomic E-state index is 0. The van der Waals surface area contributed by atoms with Crippen LogP contribution >= 0.6 is 24.8 Å². The van der Waals surface area contributed by atoms with Crippen molar-refractivity contribution in [3.8, 4) is 0 Å². The van der Waals surface area contributed by atoms with E-state index >= 15 is 0 Å². The number of fused-ring (bicyclic) bond motifs is 1. The van der Waals surface area contributed by atoms with E-state index in [1.165, 1.54) is 0 Å². The summed E-state index contributed by atoms with van der Waals surface area (Å²) in [5.74, 6) is 0.154. The van der Waals surface area contributed by atoms with Crippen LogP contribution in [0.1, 0.15) is 40.5 Å². The van der Waals surface area contributed by atoms with Crippen LogP contribution in [-0.2, 0) is 9.53 Å². The molecular formula is C16H33Cl2N3O2. The second kappa shape index (κ2) is 8.86. The molecule has 1 aliphatic carbocycles. The summed E-state index contributed by atoms with van der Waals surface area (Å²) < 4.78 is 5.85. The molecule has 2 aliphatic rings. The van der Waals surface area contributed by atoms with Gasteiger partial charge in [-0.25, -0.2) is 0 Å². The second-order valence-electron chi connectivity index (χ2n) is 6.91. The lowest BCUT2D eigenvalue weighted by Gasteiger charge is -2.65. The summed E-state index contributed by atoms with van der Waals surface area (Å²) in [7, 11) is 0. The number of hydrogen-bond donors (Lipinski definition) is 2. The fraction of sp³-hybridized carbons (Fsp3) is 0.938. The van der Waals surface area contributed by atoms with Crippen molar-refractivity contribution in [1.29, 1.82) is 0 Å². The molecule has 1 heterocycles. The Kier molecular flexibility index (Phi) is 8.83. The van der Waals surface area contributed by atoms with Gasteiger partial charge in [-0.3, -0.25) is 4.79 Å². The monoisotopic (exact) mass is 369 g/mol. The van der Waals surface area contributed by atoms with Crippen LogP contribution < -0.4 is 11.1 Å². The number of hydrogen-bond acceptors (Lipinski definition) is 4. The summed E-state index contributed by atoms with van der Waals surface area (Å²) in [5.41, 5.74) is 5.47. The first-order valence-corrected chi connectivity index (χ1v) is 8.30. The molecule has 7 heteroatoms. The fourth-order valence-corrected chi connectivity index (χ4v) is 4.05. The standard InChI is InChI=1S/C16H31N3O2.2ClH/c1-5-19(6-2)10-9-18-14(20)16(17)12-8-7-11-21-13(12)15(16,3)4;;/h12-13H,5-11,17H2,1-4H3,(H,18,20);2*1H. The summed E-state index contributed by atoms with van der Waals surface area (Å²) in [6.07, 6.45) is 2.13. The molecule has 3 unspecified atom stereocenters. The Morgan fingerprint density at radius 1 is 1.30 bits per heavy atom. The number of ether oxygens (including phenoxy) is 1. The Balaban J connectivity index is 0.00000242. The highest BCUT2D eigenvalue weighted by Gasteiger charge is 2.70. The number of amides is 1. The van der Waals surface area contributed by atoms with Gasteiger partial charge in [0.05, 0.1) is 6.10 Å². The third kappa shape index (κ3) is 3.79. The SMILES string of the molecule is CCN(CC)CCNC(=O)C1(N)C2CCCOC2C1(C)C.Cl.Cl. The lowest BCUT2D eigenvalue weighted by Crippen LogP contribution is -2.82. The first-order chi connectivity index (χ1) is 9.89. The van der Waals surface area contributed by atoms with E-state index < -0.39 is 5.54 Å². The zero-order valence-electron chi connectivity index (χ0n) is 14.8. The van der Waals surface area contributed by atoms with E-state index in [0.29, 0.717) is 6.54 Å². The van der Waals surface area contributed by atoms with Gasteiger partial charge in [0, 0.05) is 31.0 Å². The van der Waals surface area contributed by atoms with Crippen molar-refractivity contribution in [2.45, 2.75) is 52.2 Å². The molecule has 5 nitrogen and oxygen atoms in total. The summed E-state index contributed by atoms with van der Waals surface area (Å²) in [5, 5.41) is 3.05. The normalized spacial score (nSPS) is 31.2. The largest absolute Gasteiger partial charge is 0.377 e. The smallest absolute Gasteiger partial charge is 0.241 e. The zero-order valence-corrected chi connectivity index (χ0v) is 16.4. The molecule has 1 aliphatic heterocycles. The van der Waals surface area contributed by atoms with Crippen LogP contribution in [0.4, 0.5) is 0 Å². The van der Waals surface area contributed by atoms with E-state index in [9.17, 15) is 4.79 Å². The number of carbonyl (C=O) groups excluding carboxylic acids is 1. The Morgan fingerprint density at radius 2 is 1.91 bits per heavy atom. The van der Waals surface area contributed by atoms with Gasteiger partial charge in [-0.05, 0) is 25.9 Å². The molecule has 0 bridgehead atoms. The first kappa shape index (κ1) is 22.9. The number of likely N-dealkylation sites (N-methyl/N-ethyl adjacent to an activating group) is 1. The van der Waals surface area contributed by atoms with Crippen molar-refractivity contribution < 1.29 is 9.53 Å². The summed E-state index contributed by atoms with van der Waals surface area (Å²) in [4.78, 5) is 15.0. The number of nitrogens with one attached hydrogen (secondary N) is 1. The Hall–Kier alpha value is -0.0700. The fourth-order valence-electron chi connectivity index (χ4n) is 4.05. The average molecular weight is 370 g/mol. The van der Waals surface area contributed by atoms with Crippen LogP contribution in [0.3, 0.4) is 0 Å². The van der Waals surface area contributed by atoms with Crippen molar-refractivity contribution in [3.05, 3.63) is 0 Å². The predicted octanol–water partition coefficient (Wildman–Crippen LogP) is 1.82. The van der Waals surface area contributed by atoms with Crippen LogP contribution in [-0.4, -0.2) is 55.2 Å². The number of halogens is 2. The van der Waals surface area contributed by atoms with Crippen molar-refractivity contribution in [1.82, 2.24) is 10.2 Å². The molecule has 23 heavy (non-hydrogen) atoms. The molecular weight excluding hydrogens is 337 g/mol.